The van der Waals surface area contributed by atoms with Gasteiger partial charge in [0.1, 0.15) is 0 Å². The van der Waals surface area contributed by atoms with E-state index in [1.165, 1.54) is 11.8 Å². The molecule has 0 saturated carbocycles. The fraction of sp³-hybridized carbons (Fsp3) is 0.583. The first-order valence-electron chi connectivity index (χ1n) is 5.97. The number of nitrogens with zero attached hydrogens (tertiary/aromatic N) is 2. The molecule has 1 aromatic rings. The van der Waals surface area contributed by atoms with Gasteiger partial charge in [0.25, 0.3) is 5.56 Å². The molecule has 5 nitrogen and oxygen atoms in total. The molecule has 1 aromatic heterocycles. The predicted octanol–water partition coefficient (Wildman–Crippen LogP) is 1.35. The SMILES string of the molecule is CCN(CC)C(=O)CSc1nc(C)c(C)c(=O)[nH]1. The Labute approximate surface area is 111 Å². The highest BCUT2D eigenvalue weighted by Crippen LogP contribution is 2.13. The average Bonchev–Trinajstić information content (AvgIpc) is 2.34. The zero-order chi connectivity index (χ0) is 13.7. The standard InChI is InChI=1S/C12H19N3O2S/c1-5-15(6-2)10(16)7-18-12-13-9(4)8(3)11(17)14-12/h5-7H2,1-4H3,(H,13,14,17). The largest absolute Gasteiger partial charge is 0.343 e. The van der Waals surface area contributed by atoms with Crippen LogP contribution in [0.2, 0.25) is 0 Å². The van der Waals surface area contributed by atoms with Crippen LogP contribution in [0.25, 0.3) is 0 Å². The fourth-order valence-corrected chi connectivity index (χ4v) is 2.29. The van der Waals surface area contributed by atoms with Crippen molar-refractivity contribution < 1.29 is 4.79 Å². The topological polar surface area (TPSA) is 66.1 Å². The van der Waals surface area contributed by atoms with Gasteiger partial charge in [-0.25, -0.2) is 4.98 Å². The molecule has 0 atom stereocenters. The molecule has 0 spiro atoms. The first-order chi connectivity index (χ1) is 8.49. The predicted molar refractivity (Wildman–Crippen MR) is 73.0 cm³/mol. The molecule has 0 aliphatic heterocycles. The van der Waals surface area contributed by atoms with E-state index in [0.29, 0.717) is 35.3 Å². The van der Waals surface area contributed by atoms with Crippen LogP contribution in [-0.4, -0.2) is 39.6 Å². The maximum absolute atomic E-state index is 11.8. The third kappa shape index (κ3) is 3.60. The van der Waals surface area contributed by atoms with Crippen molar-refractivity contribution in [1.82, 2.24) is 14.9 Å². The summed E-state index contributed by atoms with van der Waals surface area (Å²) in [5.41, 5.74) is 1.19. The Bertz CT molecular complexity index is 481. The number of nitrogens with one attached hydrogen (secondary N) is 1. The molecule has 1 amide bonds. The number of thioether (sulfide) groups is 1. The second-order valence-corrected chi connectivity index (χ2v) is 4.90. The summed E-state index contributed by atoms with van der Waals surface area (Å²) in [6.07, 6.45) is 0. The molecule has 0 fully saturated rings. The summed E-state index contributed by atoms with van der Waals surface area (Å²) in [5, 5.41) is 0.503. The number of carbonyl (C=O) groups is 1. The van der Waals surface area contributed by atoms with Crippen LogP contribution in [0.4, 0.5) is 0 Å². The second-order valence-electron chi connectivity index (χ2n) is 3.94. The summed E-state index contributed by atoms with van der Waals surface area (Å²) in [6, 6.07) is 0. The van der Waals surface area contributed by atoms with Crippen LogP contribution >= 0.6 is 11.8 Å². The fourth-order valence-electron chi connectivity index (χ4n) is 1.49. The molecule has 18 heavy (non-hydrogen) atoms. The molecule has 0 aliphatic rings. The minimum absolute atomic E-state index is 0.0610. The van der Waals surface area contributed by atoms with Crippen LogP contribution in [0, 0.1) is 13.8 Å². The summed E-state index contributed by atoms with van der Waals surface area (Å²) < 4.78 is 0. The van der Waals surface area contributed by atoms with Crippen LogP contribution in [0.5, 0.6) is 0 Å². The minimum Gasteiger partial charge on any atom is -0.343 e. The Balaban J connectivity index is 2.70. The summed E-state index contributed by atoms with van der Waals surface area (Å²) in [5.74, 6) is 0.360. The number of carbonyl (C=O) groups excluding carboxylic acids is 1. The molecule has 0 unspecified atom stereocenters. The normalized spacial score (nSPS) is 10.4. The Morgan fingerprint density at radius 1 is 1.33 bits per heavy atom. The number of aromatic amines is 1. The smallest absolute Gasteiger partial charge is 0.254 e. The number of aryl methyl sites for hydroxylation is 1. The first kappa shape index (κ1) is 14.8. The molecule has 1 heterocycles. The van der Waals surface area contributed by atoms with Crippen LogP contribution in [-0.2, 0) is 4.79 Å². The van der Waals surface area contributed by atoms with Crippen molar-refractivity contribution in [3.63, 3.8) is 0 Å². The van der Waals surface area contributed by atoms with Crippen molar-refractivity contribution >= 4 is 17.7 Å². The highest BCUT2D eigenvalue weighted by atomic mass is 32.2. The third-order valence-electron chi connectivity index (χ3n) is 2.82. The quantitative estimate of drug-likeness (QED) is 0.647. The Morgan fingerprint density at radius 3 is 2.44 bits per heavy atom. The molecule has 0 radical (unpaired) electrons. The third-order valence-corrected chi connectivity index (χ3v) is 3.68. The van der Waals surface area contributed by atoms with Crippen molar-refractivity contribution in [2.75, 3.05) is 18.8 Å². The number of amides is 1. The van der Waals surface area contributed by atoms with Crippen LogP contribution in [0.1, 0.15) is 25.1 Å². The molecule has 6 heteroatoms. The molecule has 1 rings (SSSR count). The van der Waals surface area contributed by atoms with Gasteiger partial charge in [0, 0.05) is 24.3 Å². The van der Waals surface area contributed by atoms with E-state index < -0.39 is 0 Å². The van der Waals surface area contributed by atoms with Gasteiger partial charge in [-0.2, -0.15) is 0 Å². The number of rotatable bonds is 5. The van der Waals surface area contributed by atoms with Gasteiger partial charge in [-0.05, 0) is 27.7 Å². The van der Waals surface area contributed by atoms with E-state index in [0.717, 1.165) is 0 Å². The average molecular weight is 269 g/mol. The van der Waals surface area contributed by atoms with Gasteiger partial charge in [-0.1, -0.05) is 11.8 Å². The van der Waals surface area contributed by atoms with Gasteiger partial charge in [0.15, 0.2) is 5.16 Å². The molecule has 0 aromatic carbocycles. The maximum Gasteiger partial charge on any atom is 0.254 e. The lowest BCUT2D eigenvalue weighted by atomic mass is 10.3. The van der Waals surface area contributed by atoms with Crippen molar-refractivity contribution in [1.29, 1.82) is 0 Å². The van der Waals surface area contributed by atoms with Crippen molar-refractivity contribution in [2.45, 2.75) is 32.9 Å². The first-order valence-corrected chi connectivity index (χ1v) is 6.96. The Morgan fingerprint density at radius 2 is 1.94 bits per heavy atom. The van der Waals surface area contributed by atoms with Crippen molar-refractivity contribution in [2.24, 2.45) is 0 Å². The lowest BCUT2D eigenvalue weighted by Gasteiger charge is -2.17. The summed E-state index contributed by atoms with van der Waals surface area (Å²) in [7, 11) is 0. The molecule has 0 bridgehead atoms. The van der Waals surface area contributed by atoms with E-state index in [1.807, 2.05) is 13.8 Å². The minimum atomic E-state index is -0.139. The van der Waals surface area contributed by atoms with E-state index in [2.05, 4.69) is 9.97 Å². The van der Waals surface area contributed by atoms with E-state index in [-0.39, 0.29) is 11.5 Å². The van der Waals surface area contributed by atoms with Crippen molar-refractivity contribution in [3.05, 3.63) is 21.6 Å². The lowest BCUT2D eigenvalue weighted by Crippen LogP contribution is -2.32. The molecular formula is C12H19N3O2S. The van der Waals surface area contributed by atoms with Crippen molar-refractivity contribution in [3.8, 4) is 0 Å². The van der Waals surface area contributed by atoms with Gasteiger partial charge < -0.3 is 9.88 Å². The van der Waals surface area contributed by atoms with Gasteiger partial charge in [0.05, 0.1) is 5.75 Å². The lowest BCUT2D eigenvalue weighted by molar-refractivity contribution is -0.127. The second kappa shape index (κ2) is 6.58. The molecule has 0 aliphatic carbocycles. The number of H-pyrrole nitrogens is 1. The number of hydrogen-bond acceptors (Lipinski definition) is 4. The summed E-state index contributed by atoms with van der Waals surface area (Å²) >= 11 is 1.27. The molecule has 1 N–H and O–H groups in total. The van der Waals surface area contributed by atoms with Crippen LogP contribution in [0.3, 0.4) is 0 Å². The summed E-state index contributed by atoms with van der Waals surface area (Å²) in [4.78, 5) is 32.0. The molecular weight excluding hydrogens is 250 g/mol. The van der Waals surface area contributed by atoms with E-state index in [4.69, 9.17) is 0 Å². The Kier molecular flexibility index (Phi) is 5.40. The zero-order valence-corrected chi connectivity index (χ0v) is 12.1. The van der Waals surface area contributed by atoms with Gasteiger partial charge >= 0.3 is 0 Å². The highest BCUT2D eigenvalue weighted by Gasteiger charge is 2.11. The van der Waals surface area contributed by atoms with E-state index in [9.17, 15) is 9.59 Å². The highest BCUT2D eigenvalue weighted by molar-refractivity contribution is 7.99. The Hall–Kier alpha value is -1.30. The van der Waals surface area contributed by atoms with Gasteiger partial charge in [0.2, 0.25) is 5.91 Å². The van der Waals surface area contributed by atoms with Crippen LogP contribution < -0.4 is 5.56 Å². The van der Waals surface area contributed by atoms with Crippen LogP contribution in [0.15, 0.2) is 9.95 Å². The maximum atomic E-state index is 11.8. The zero-order valence-electron chi connectivity index (χ0n) is 11.2. The van der Waals surface area contributed by atoms with E-state index in [1.54, 1.807) is 18.7 Å². The number of aromatic nitrogens is 2. The molecule has 0 saturated heterocycles. The van der Waals surface area contributed by atoms with Gasteiger partial charge in [-0.3, -0.25) is 9.59 Å². The monoisotopic (exact) mass is 269 g/mol. The molecule has 100 valence electrons. The summed E-state index contributed by atoms with van der Waals surface area (Å²) in [6.45, 7) is 8.82. The van der Waals surface area contributed by atoms with Gasteiger partial charge in [-0.15, -0.1) is 0 Å². The van der Waals surface area contributed by atoms with E-state index >= 15 is 0 Å². The number of hydrogen-bond donors (Lipinski definition) is 1.